The van der Waals surface area contributed by atoms with Crippen molar-refractivity contribution in [1.29, 1.82) is 0 Å². The van der Waals surface area contributed by atoms with E-state index < -0.39 is 0 Å². The second-order valence-corrected chi connectivity index (χ2v) is 9.17. The Bertz CT molecular complexity index is 849. The fourth-order valence-corrected chi connectivity index (χ4v) is 4.43. The van der Waals surface area contributed by atoms with Crippen molar-refractivity contribution in [2.24, 2.45) is 5.92 Å². The molecule has 2 aliphatic rings. The number of rotatable bonds is 10. The molecule has 2 aliphatic carbocycles. The molecule has 31 heavy (non-hydrogen) atoms. The topological polar surface area (TPSA) is 58.2 Å². The molecule has 4 rings (SSSR count). The Labute approximate surface area is 185 Å². The van der Waals surface area contributed by atoms with Gasteiger partial charge in [0.2, 0.25) is 0 Å². The SMILES string of the molecule is COC[C@H](C)N[C@H]1CC[C@H](Nc2cc(-c3cccc(NCC4CC4)c3)c(F)cn2)CC1. The summed E-state index contributed by atoms with van der Waals surface area (Å²) in [6, 6.07) is 11.1. The first-order valence-electron chi connectivity index (χ1n) is 11.6. The van der Waals surface area contributed by atoms with Crippen LogP contribution in [0.1, 0.15) is 45.4 Å². The monoisotopic (exact) mass is 426 g/mol. The number of halogens is 1. The Morgan fingerprint density at radius 2 is 1.87 bits per heavy atom. The minimum atomic E-state index is -0.287. The number of methoxy groups -OCH3 is 1. The van der Waals surface area contributed by atoms with E-state index in [0.29, 0.717) is 23.7 Å². The molecule has 0 aliphatic heterocycles. The predicted octanol–water partition coefficient (Wildman–Crippen LogP) is 5.06. The molecule has 2 aromatic rings. The Hall–Kier alpha value is -2.18. The number of nitrogens with zero attached hydrogens (tertiary/aromatic N) is 1. The molecule has 0 spiro atoms. The van der Waals surface area contributed by atoms with Crippen LogP contribution in [-0.4, -0.2) is 43.4 Å². The van der Waals surface area contributed by atoms with Crippen LogP contribution in [0.4, 0.5) is 15.9 Å². The molecule has 1 aromatic carbocycles. The highest BCUT2D eigenvalue weighted by Crippen LogP contribution is 2.31. The maximum atomic E-state index is 14.6. The third-order valence-electron chi connectivity index (χ3n) is 6.34. The number of hydrogen-bond acceptors (Lipinski definition) is 5. The van der Waals surface area contributed by atoms with Gasteiger partial charge in [0, 0.05) is 43.0 Å². The van der Waals surface area contributed by atoms with Crippen LogP contribution in [0.15, 0.2) is 36.5 Å². The van der Waals surface area contributed by atoms with Gasteiger partial charge in [0.1, 0.15) is 11.6 Å². The molecule has 2 saturated carbocycles. The summed E-state index contributed by atoms with van der Waals surface area (Å²) in [4.78, 5) is 4.31. The van der Waals surface area contributed by atoms with E-state index in [2.05, 4.69) is 27.9 Å². The molecule has 1 atom stereocenters. The number of anilines is 2. The minimum Gasteiger partial charge on any atom is -0.385 e. The third kappa shape index (κ3) is 6.40. The van der Waals surface area contributed by atoms with Crippen molar-refractivity contribution < 1.29 is 9.13 Å². The summed E-state index contributed by atoms with van der Waals surface area (Å²) in [6.07, 6.45) is 8.35. The lowest BCUT2D eigenvalue weighted by atomic mass is 9.90. The van der Waals surface area contributed by atoms with E-state index >= 15 is 0 Å². The molecule has 3 N–H and O–H groups in total. The molecule has 5 nitrogen and oxygen atoms in total. The second kappa shape index (κ2) is 10.4. The number of nitrogens with one attached hydrogen (secondary N) is 3. The van der Waals surface area contributed by atoms with Crippen molar-refractivity contribution in [3.63, 3.8) is 0 Å². The standard InChI is InChI=1S/C25H35FN4O/c1-17(16-31-2)29-20-8-10-21(11-9-20)30-25-13-23(24(26)15-28-25)19-4-3-5-22(12-19)27-14-18-6-7-18/h3-5,12-13,15,17-18,20-21,27,29H,6-11,14,16H2,1-2H3,(H,28,30)/t17-,20-,21-/m0/s1. The summed E-state index contributed by atoms with van der Waals surface area (Å²) in [5, 5.41) is 10.7. The average Bonchev–Trinajstić information content (AvgIpc) is 3.60. The molecule has 0 bridgehead atoms. The molecule has 0 radical (unpaired) electrons. The summed E-state index contributed by atoms with van der Waals surface area (Å²) < 4.78 is 19.8. The number of aromatic nitrogens is 1. The van der Waals surface area contributed by atoms with E-state index in [-0.39, 0.29) is 5.82 Å². The molecule has 0 amide bonds. The van der Waals surface area contributed by atoms with Gasteiger partial charge < -0.3 is 20.7 Å². The quantitative estimate of drug-likeness (QED) is 0.496. The fourth-order valence-electron chi connectivity index (χ4n) is 4.43. The summed E-state index contributed by atoms with van der Waals surface area (Å²) in [6.45, 7) is 3.89. The van der Waals surface area contributed by atoms with Gasteiger partial charge in [-0.2, -0.15) is 0 Å². The lowest BCUT2D eigenvalue weighted by Crippen LogP contribution is -2.42. The van der Waals surface area contributed by atoms with Crippen LogP contribution in [0.2, 0.25) is 0 Å². The van der Waals surface area contributed by atoms with Crippen molar-refractivity contribution in [1.82, 2.24) is 10.3 Å². The summed E-state index contributed by atoms with van der Waals surface area (Å²) in [7, 11) is 1.74. The first kappa shape index (κ1) is 22.0. The lowest BCUT2D eigenvalue weighted by Gasteiger charge is -2.31. The van der Waals surface area contributed by atoms with E-state index in [1.807, 2.05) is 30.3 Å². The fraction of sp³-hybridized carbons (Fsp3) is 0.560. The summed E-state index contributed by atoms with van der Waals surface area (Å²) >= 11 is 0. The van der Waals surface area contributed by atoms with E-state index in [9.17, 15) is 4.39 Å². The van der Waals surface area contributed by atoms with Gasteiger partial charge in [-0.1, -0.05) is 12.1 Å². The Kier molecular flexibility index (Phi) is 7.41. The van der Waals surface area contributed by atoms with Crippen LogP contribution < -0.4 is 16.0 Å². The highest BCUT2D eigenvalue weighted by atomic mass is 19.1. The molecule has 6 heteroatoms. The number of hydrogen-bond donors (Lipinski definition) is 3. The van der Waals surface area contributed by atoms with Crippen LogP contribution in [0.5, 0.6) is 0 Å². The van der Waals surface area contributed by atoms with Crippen LogP contribution >= 0.6 is 0 Å². The van der Waals surface area contributed by atoms with Crippen molar-refractivity contribution >= 4 is 11.5 Å². The molecule has 2 fully saturated rings. The summed E-state index contributed by atoms with van der Waals surface area (Å²) in [5.74, 6) is 1.26. The largest absolute Gasteiger partial charge is 0.385 e. The Morgan fingerprint density at radius 3 is 2.61 bits per heavy atom. The normalized spacial score (nSPS) is 22.2. The van der Waals surface area contributed by atoms with Gasteiger partial charge in [-0.05, 0) is 75.1 Å². The smallest absolute Gasteiger partial charge is 0.149 e. The highest BCUT2D eigenvalue weighted by molar-refractivity contribution is 5.70. The molecule has 168 valence electrons. The van der Waals surface area contributed by atoms with Gasteiger partial charge >= 0.3 is 0 Å². The van der Waals surface area contributed by atoms with Gasteiger partial charge in [0.25, 0.3) is 0 Å². The zero-order valence-electron chi connectivity index (χ0n) is 18.7. The van der Waals surface area contributed by atoms with E-state index in [4.69, 9.17) is 4.74 Å². The van der Waals surface area contributed by atoms with Gasteiger partial charge in [0.05, 0.1) is 12.8 Å². The Balaban J connectivity index is 1.35. The molecule has 0 unspecified atom stereocenters. The van der Waals surface area contributed by atoms with Crippen molar-refractivity contribution in [3.8, 4) is 11.1 Å². The van der Waals surface area contributed by atoms with Crippen LogP contribution in [-0.2, 0) is 4.74 Å². The zero-order chi connectivity index (χ0) is 21.6. The maximum Gasteiger partial charge on any atom is 0.149 e. The van der Waals surface area contributed by atoms with Gasteiger partial charge in [-0.25, -0.2) is 9.37 Å². The van der Waals surface area contributed by atoms with Crippen molar-refractivity contribution in [2.75, 3.05) is 30.9 Å². The molecular weight excluding hydrogens is 391 g/mol. The molecular formula is C25H35FN4O. The maximum absolute atomic E-state index is 14.6. The van der Waals surface area contributed by atoms with Crippen LogP contribution in [0, 0.1) is 11.7 Å². The van der Waals surface area contributed by atoms with Crippen LogP contribution in [0.25, 0.3) is 11.1 Å². The van der Waals surface area contributed by atoms with Gasteiger partial charge in [0.15, 0.2) is 0 Å². The second-order valence-electron chi connectivity index (χ2n) is 9.17. The van der Waals surface area contributed by atoms with E-state index in [1.165, 1.54) is 19.0 Å². The zero-order valence-corrected chi connectivity index (χ0v) is 18.7. The Morgan fingerprint density at radius 1 is 1.10 bits per heavy atom. The van der Waals surface area contributed by atoms with Crippen LogP contribution in [0.3, 0.4) is 0 Å². The average molecular weight is 427 g/mol. The number of ether oxygens (including phenoxy) is 1. The number of benzene rings is 1. The first-order chi connectivity index (χ1) is 15.1. The summed E-state index contributed by atoms with van der Waals surface area (Å²) in [5.41, 5.74) is 2.52. The predicted molar refractivity (Wildman–Crippen MR) is 125 cm³/mol. The highest BCUT2D eigenvalue weighted by Gasteiger charge is 2.23. The number of pyridine rings is 1. The molecule has 0 saturated heterocycles. The molecule has 1 aromatic heterocycles. The van der Waals surface area contributed by atoms with Crippen molar-refractivity contribution in [3.05, 3.63) is 42.3 Å². The first-order valence-corrected chi connectivity index (χ1v) is 11.6. The van der Waals surface area contributed by atoms with Gasteiger partial charge in [-0.3, -0.25) is 0 Å². The lowest BCUT2D eigenvalue weighted by molar-refractivity contribution is 0.161. The van der Waals surface area contributed by atoms with E-state index in [1.54, 1.807) is 7.11 Å². The molecule has 1 heterocycles. The minimum absolute atomic E-state index is 0.287. The third-order valence-corrected chi connectivity index (χ3v) is 6.34. The van der Waals surface area contributed by atoms with E-state index in [0.717, 1.165) is 61.8 Å². The van der Waals surface area contributed by atoms with Crippen molar-refractivity contribution in [2.45, 2.75) is 63.6 Å². The van der Waals surface area contributed by atoms with Gasteiger partial charge in [-0.15, -0.1) is 0 Å².